The van der Waals surface area contributed by atoms with Crippen LogP contribution in [-0.2, 0) is 6.42 Å². The maximum absolute atomic E-state index is 13.5. The Hall–Kier alpha value is -4.15. The molecule has 0 aliphatic carbocycles. The van der Waals surface area contributed by atoms with Gasteiger partial charge in [-0.3, -0.25) is 4.79 Å². The van der Waals surface area contributed by atoms with E-state index in [4.69, 9.17) is 11.0 Å². The number of nitrogens with two attached hydrogens (primary N) is 1. The van der Waals surface area contributed by atoms with E-state index < -0.39 is 0 Å². The maximum atomic E-state index is 13.5. The highest BCUT2D eigenvalue weighted by molar-refractivity contribution is 6.02. The highest BCUT2D eigenvalue weighted by atomic mass is 16.2. The molecular weight excluding hydrogens is 426 g/mol. The van der Waals surface area contributed by atoms with Crippen LogP contribution in [0.4, 0.5) is 16.2 Å². The average molecular weight is 454 g/mol. The van der Waals surface area contributed by atoms with E-state index in [1.165, 1.54) is 0 Å². The third-order valence-electron chi connectivity index (χ3n) is 5.99. The van der Waals surface area contributed by atoms with Crippen LogP contribution in [0, 0.1) is 18.3 Å². The van der Waals surface area contributed by atoms with Gasteiger partial charge in [-0.15, -0.1) is 0 Å². The first-order chi connectivity index (χ1) is 16.5. The number of carbonyl (C=O) groups is 2. The van der Waals surface area contributed by atoms with Gasteiger partial charge in [-0.2, -0.15) is 5.26 Å². The van der Waals surface area contributed by atoms with Gasteiger partial charge < -0.3 is 21.3 Å². The van der Waals surface area contributed by atoms with Crippen LogP contribution >= 0.6 is 0 Å². The number of amides is 3. The Morgan fingerprint density at radius 1 is 1.06 bits per heavy atom. The molecular formula is C27H27N5O2. The van der Waals surface area contributed by atoms with Gasteiger partial charge in [-0.1, -0.05) is 35.9 Å². The first kappa shape index (κ1) is 23.0. The number of carbonyl (C=O) groups excluding carboxylic acids is 2. The zero-order valence-corrected chi connectivity index (χ0v) is 19.0. The van der Waals surface area contributed by atoms with Crippen LogP contribution in [-0.4, -0.2) is 29.9 Å². The quantitative estimate of drug-likeness (QED) is 0.506. The van der Waals surface area contributed by atoms with Crippen molar-refractivity contribution in [3.05, 3.63) is 94.5 Å². The van der Waals surface area contributed by atoms with E-state index in [1.807, 2.05) is 60.4 Å². The second-order valence-corrected chi connectivity index (χ2v) is 8.41. The SMILES string of the molecule is Cc1ccc(NC(=O)Nc2ccc3c(c2)C(=O)N(CCCN)C(c2ccc(C#N)cc2)C3)cc1. The van der Waals surface area contributed by atoms with Crippen LogP contribution in [0.1, 0.15) is 45.1 Å². The fourth-order valence-electron chi connectivity index (χ4n) is 4.17. The van der Waals surface area contributed by atoms with Gasteiger partial charge >= 0.3 is 6.03 Å². The minimum Gasteiger partial charge on any atom is -0.331 e. The number of rotatable bonds is 6. The Morgan fingerprint density at radius 2 is 1.74 bits per heavy atom. The molecule has 0 radical (unpaired) electrons. The molecule has 3 amide bonds. The maximum Gasteiger partial charge on any atom is 0.323 e. The van der Waals surface area contributed by atoms with Gasteiger partial charge in [-0.25, -0.2) is 4.79 Å². The summed E-state index contributed by atoms with van der Waals surface area (Å²) in [7, 11) is 0. The first-order valence-electron chi connectivity index (χ1n) is 11.3. The van der Waals surface area contributed by atoms with Crippen LogP contribution in [0.15, 0.2) is 66.7 Å². The first-order valence-corrected chi connectivity index (χ1v) is 11.3. The van der Waals surface area contributed by atoms with E-state index in [9.17, 15) is 9.59 Å². The monoisotopic (exact) mass is 453 g/mol. The minimum atomic E-state index is -0.373. The molecule has 0 aromatic heterocycles. The predicted octanol–water partition coefficient (Wildman–Crippen LogP) is 4.60. The summed E-state index contributed by atoms with van der Waals surface area (Å²) in [6, 6.07) is 21.9. The van der Waals surface area contributed by atoms with Gasteiger partial charge in [0.25, 0.3) is 5.91 Å². The summed E-state index contributed by atoms with van der Waals surface area (Å²) in [5.74, 6) is -0.0911. The molecule has 7 nitrogen and oxygen atoms in total. The van der Waals surface area contributed by atoms with Gasteiger partial charge in [0.15, 0.2) is 0 Å². The lowest BCUT2D eigenvalue weighted by Crippen LogP contribution is -2.41. The molecule has 1 aliphatic rings. The predicted molar refractivity (Wildman–Crippen MR) is 133 cm³/mol. The molecule has 0 bridgehead atoms. The summed E-state index contributed by atoms with van der Waals surface area (Å²) >= 11 is 0. The molecule has 4 rings (SSSR count). The van der Waals surface area contributed by atoms with Crippen molar-refractivity contribution in [1.82, 2.24) is 4.90 Å². The molecule has 3 aromatic rings. The summed E-state index contributed by atoms with van der Waals surface area (Å²) < 4.78 is 0. The fraction of sp³-hybridized carbons (Fsp3) is 0.222. The number of nitriles is 1. The number of anilines is 2. The topological polar surface area (TPSA) is 111 Å². The van der Waals surface area contributed by atoms with E-state index in [1.54, 1.807) is 18.2 Å². The lowest BCUT2D eigenvalue weighted by Gasteiger charge is -2.37. The van der Waals surface area contributed by atoms with Gasteiger partial charge in [0.2, 0.25) is 0 Å². The highest BCUT2D eigenvalue weighted by Gasteiger charge is 2.33. The Labute approximate surface area is 199 Å². The number of benzene rings is 3. The van der Waals surface area contributed by atoms with E-state index >= 15 is 0 Å². The summed E-state index contributed by atoms with van der Waals surface area (Å²) in [5, 5.41) is 14.7. The van der Waals surface area contributed by atoms with Crippen LogP contribution in [0.5, 0.6) is 0 Å². The standard InChI is InChI=1S/C27H27N5O2/c1-18-3-10-22(11-4-18)30-27(34)31-23-12-9-21-15-25(20-7-5-19(17-29)6-8-20)32(14-2-13-28)26(33)24(21)16-23/h3-12,16,25H,2,13-15,28H2,1H3,(H2,30,31,34). The third-order valence-corrected chi connectivity index (χ3v) is 5.99. The minimum absolute atomic E-state index is 0.0911. The number of hydrogen-bond donors (Lipinski definition) is 3. The smallest absolute Gasteiger partial charge is 0.323 e. The zero-order valence-electron chi connectivity index (χ0n) is 19.0. The van der Waals surface area contributed by atoms with Gasteiger partial charge in [-0.05, 0) is 73.8 Å². The molecule has 172 valence electrons. The molecule has 0 fully saturated rings. The van der Waals surface area contributed by atoms with E-state index in [-0.39, 0.29) is 18.0 Å². The van der Waals surface area contributed by atoms with E-state index in [0.717, 1.165) is 16.7 Å². The van der Waals surface area contributed by atoms with Gasteiger partial charge in [0.05, 0.1) is 17.7 Å². The van der Waals surface area contributed by atoms with Crippen LogP contribution < -0.4 is 16.4 Å². The van der Waals surface area contributed by atoms with Crippen molar-refractivity contribution in [1.29, 1.82) is 5.26 Å². The molecule has 0 saturated heterocycles. The van der Waals surface area contributed by atoms with Crippen LogP contribution in [0.25, 0.3) is 0 Å². The molecule has 1 aliphatic heterocycles. The number of aryl methyl sites for hydroxylation is 1. The number of urea groups is 1. The van der Waals surface area contributed by atoms with Crippen molar-refractivity contribution in [3.8, 4) is 6.07 Å². The van der Waals surface area contributed by atoms with Gasteiger partial charge in [0.1, 0.15) is 0 Å². The Morgan fingerprint density at radius 3 is 2.41 bits per heavy atom. The zero-order chi connectivity index (χ0) is 24.1. The second kappa shape index (κ2) is 10.2. The summed E-state index contributed by atoms with van der Waals surface area (Å²) in [5.41, 5.74) is 11.1. The number of nitrogens with one attached hydrogen (secondary N) is 2. The van der Waals surface area contributed by atoms with Crippen LogP contribution in [0.3, 0.4) is 0 Å². The normalized spacial score (nSPS) is 14.8. The molecule has 1 unspecified atom stereocenters. The Bertz CT molecular complexity index is 1230. The molecule has 0 saturated carbocycles. The van der Waals surface area contributed by atoms with Crippen molar-refractivity contribution in [2.45, 2.75) is 25.8 Å². The molecule has 4 N–H and O–H groups in total. The average Bonchev–Trinajstić information content (AvgIpc) is 2.85. The second-order valence-electron chi connectivity index (χ2n) is 8.41. The van der Waals surface area contributed by atoms with E-state index in [2.05, 4.69) is 16.7 Å². The molecule has 3 aromatic carbocycles. The molecule has 34 heavy (non-hydrogen) atoms. The molecule has 0 spiro atoms. The van der Waals surface area contributed by atoms with Crippen molar-refractivity contribution >= 4 is 23.3 Å². The van der Waals surface area contributed by atoms with E-state index in [0.29, 0.717) is 48.4 Å². The Kier molecular flexibility index (Phi) is 6.90. The van der Waals surface area contributed by atoms with Crippen LogP contribution in [0.2, 0.25) is 0 Å². The number of nitrogens with zero attached hydrogens (tertiary/aromatic N) is 2. The lowest BCUT2D eigenvalue weighted by atomic mass is 9.88. The summed E-state index contributed by atoms with van der Waals surface area (Å²) in [4.78, 5) is 27.8. The highest BCUT2D eigenvalue weighted by Crippen LogP contribution is 2.34. The van der Waals surface area contributed by atoms with Crippen molar-refractivity contribution in [2.24, 2.45) is 5.73 Å². The number of hydrogen-bond acceptors (Lipinski definition) is 4. The fourth-order valence-corrected chi connectivity index (χ4v) is 4.17. The molecule has 1 atom stereocenters. The molecule has 7 heteroatoms. The van der Waals surface area contributed by atoms with Gasteiger partial charge in [0, 0.05) is 23.5 Å². The third kappa shape index (κ3) is 5.08. The Balaban J connectivity index is 1.56. The van der Waals surface area contributed by atoms with Crippen molar-refractivity contribution < 1.29 is 9.59 Å². The lowest BCUT2D eigenvalue weighted by molar-refractivity contribution is 0.0646. The largest absolute Gasteiger partial charge is 0.331 e. The van der Waals surface area contributed by atoms with Crippen molar-refractivity contribution in [2.75, 3.05) is 23.7 Å². The summed E-state index contributed by atoms with van der Waals surface area (Å²) in [6.07, 6.45) is 1.33. The number of fused-ring (bicyclic) bond motifs is 1. The summed E-state index contributed by atoms with van der Waals surface area (Å²) in [6.45, 7) is 3.00. The van der Waals surface area contributed by atoms with Crippen molar-refractivity contribution in [3.63, 3.8) is 0 Å². The molecule has 1 heterocycles.